The van der Waals surface area contributed by atoms with Crippen molar-refractivity contribution in [2.24, 2.45) is 10.2 Å². The summed E-state index contributed by atoms with van der Waals surface area (Å²) < 4.78 is 12.7. The van der Waals surface area contributed by atoms with Crippen molar-refractivity contribution in [3.8, 4) is 0 Å². The number of carbonyl (C=O) groups is 2. The number of carboxylic acids is 1. The minimum absolute atomic E-state index is 0.250. The molecule has 0 unspecified atom stereocenters. The van der Waals surface area contributed by atoms with Gasteiger partial charge in [0.25, 0.3) is 0 Å². The summed E-state index contributed by atoms with van der Waals surface area (Å²) in [6.45, 7) is 0. The van der Waals surface area contributed by atoms with E-state index >= 15 is 0 Å². The number of halogens is 1. The number of hydrogen-bond acceptors (Lipinski definition) is 5. The fourth-order valence-corrected chi connectivity index (χ4v) is 2.36. The monoisotopic (exact) mass is 295 g/mol. The molecule has 20 heavy (non-hydrogen) atoms. The van der Waals surface area contributed by atoms with Gasteiger partial charge in [-0.1, -0.05) is 23.9 Å². The maximum atomic E-state index is 12.7. The molecule has 8 heteroatoms. The number of aliphatic carboxylic acids is 1. The lowest BCUT2D eigenvalue weighted by atomic mass is 10.2. The van der Waals surface area contributed by atoms with Crippen LogP contribution in [0.3, 0.4) is 0 Å². The van der Waals surface area contributed by atoms with Gasteiger partial charge in [0, 0.05) is 0 Å². The first-order chi connectivity index (χ1) is 9.54. The third kappa shape index (κ3) is 3.89. The van der Waals surface area contributed by atoms with E-state index in [1.54, 1.807) is 0 Å². The number of thioether (sulfide) groups is 1. The Morgan fingerprint density at radius 1 is 1.45 bits per heavy atom. The Balaban J connectivity index is 1.97. The number of nitrogens with one attached hydrogen (secondary N) is 1. The van der Waals surface area contributed by atoms with Crippen molar-refractivity contribution in [2.75, 3.05) is 0 Å². The van der Waals surface area contributed by atoms with Gasteiger partial charge in [-0.15, -0.1) is 5.10 Å². The second kappa shape index (κ2) is 6.29. The molecular formula is C12H10FN3O3S. The quantitative estimate of drug-likeness (QED) is 0.645. The molecule has 2 rings (SSSR count). The molecule has 0 spiro atoms. The van der Waals surface area contributed by atoms with E-state index < -0.39 is 17.1 Å². The molecule has 1 heterocycles. The second-order valence-corrected chi connectivity index (χ2v) is 5.09. The molecular weight excluding hydrogens is 285 g/mol. The van der Waals surface area contributed by atoms with Crippen molar-refractivity contribution in [1.29, 1.82) is 0 Å². The minimum atomic E-state index is -1.05. The summed E-state index contributed by atoms with van der Waals surface area (Å²) in [5.41, 5.74) is 0.659. The van der Waals surface area contributed by atoms with E-state index in [4.69, 9.17) is 5.11 Å². The van der Waals surface area contributed by atoms with Crippen LogP contribution in [-0.4, -0.2) is 33.6 Å². The summed E-state index contributed by atoms with van der Waals surface area (Å²) in [4.78, 5) is 22.0. The van der Waals surface area contributed by atoms with Crippen LogP contribution >= 0.6 is 11.8 Å². The first kappa shape index (κ1) is 14.2. The van der Waals surface area contributed by atoms with Crippen LogP contribution in [0.4, 0.5) is 4.39 Å². The Labute approximate surface area is 117 Å². The SMILES string of the molecule is O=C(O)C[C@H]1SC(=NN=Cc2ccc(F)cc2)NC1=O. The number of nitrogens with zero attached hydrogens (tertiary/aromatic N) is 2. The Kier molecular flexibility index (Phi) is 4.46. The minimum Gasteiger partial charge on any atom is -0.481 e. The van der Waals surface area contributed by atoms with Crippen molar-refractivity contribution in [1.82, 2.24) is 5.32 Å². The van der Waals surface area contributed by atoms with E-state index in [0.29, 0.717) is 5.56 Å². The molecule has 6 nitrogen and oxygen atoms in total. The fraction of sp³-hybridized carbons (Fsp3) is 0.167. The molecule has 0 radical (unpaired) electrons. The average Bonchev–Trinajstić information content (AvgIpc) is 2.72. The highest BCUT2D eigenvalue weighted by Crippen LogP contribution is 2.22. The van der Waals surface area contributed by atoms with E-state index in [0.717, 1.165) is 11.8 Å². The smallest absolute Gasteiger partial charge is 0.305 e. The van der Waals surface area contributed by atoms with Gasteiger partial charge in [0.15, 0.2) is 5.17 Å². The highest BCUT2D eigenvalue weighted by molar-refractivity contribution is 8.15. The number of rotatable bonds is 4. The van der Waals surface area contributed by atoms with Gasteiger partial charge in [-0.05, 0) is 17.7 Å². The number of carboxylic acid groups (broad SMARTS) is 1. The topological polar surface area (TPSA) is 91.1 Å². The lowest BCUT2D eigenvalue weighted by molar-refractivity contribution is -0.138. The van der Waals surface area contributed by atoms with Crippen molar-refractivity contribution < 1.29 is 19.1 Å². The van der Waals surface area contributed by atoms with Crippen LogP contribution in [0.15, 0.2) is 34.5 Å². The van der Waals surface area contributed by atoms with Crippen LogP contribution in [0, 0.1) is 5.82 Å². The molecule has 0 aliphatic carbocycles. The molecule has 1 atom stereocenters. The predicted molar refractivity (Wildman–Crippen MR) is 73.2 cm³/mol. The van der Waals surface area contributed by atoms with Crippen molar-refractivity contribution in [3.05, 3.63) is 35.6 Å². The molecule has 104 valence electrons. The van der Waals surface area contributed by atoms with E-state index in [9.17, 15) is 14.0 Å². The zero-order valence-corrected chi connectivity index (χ0v) is 10.9. The predicted octanol–water partition coefficient (Wildman–Crippen LogP) is 1.22. The molecule has 1 aliphatic heterocycles. The van der Waals surface area contributed by atoms with Crippen LogP contribution < -0.4 is 5.32 Å². The van der Waals surface area contributed by atoms with Crippen LogP contribution in [0.1, 0.15) is 12.0 Å². The molecule has 1 aromatic rings. The summed E-state index contributed by atoms with van der Waals surface area (Å²) in [6, 6.07) is 5.66. The molecule has 2 N–H and O–H groups in total. The zero-order valence-electron chi connectivity index (χ0n) is 10.1. The van der Waals surface area contributed by atoms with Crippen molar-refractivity contribution in [3.63, 3.8) is 0 Å². The van der Waals surface area contributed by atoms with Crippen LogP contribution in [0.5, 0.6) is 0 Å². The van der Waals surface area contributed by atoms with Crippen molar-refractivity contribution in [2.45, 2.75) is 11.7 Å². The van der Waals surface area contributed by atoms with Gasteiger partial charge < -0.3 is 10.4 Å². The Morgan fingerprint density at radius 2 is 2.15 bits per heavy atom. The lowest BCUT2D eigenvalue weighted by Crippen LogP contribution is -2.26. The van der Waals surface area contributed by atoms with Gasteiger partial charge in [-0.3, -0.25) is 9.59 Å². The summed E-state index contributed by atoms with van der Waals surface area (Å²) in [7, 11) is 0. The first-order valence-electron chi connectivity index (χ1n) is 5.60. The summed E-state index contributed by atoms with van der Waals surface area (Å²) in [5, 5.41) is 18.2. The summed E-state index contributed by atoms with van der Waals surface area (Å²) in [6.07, 6.45) is 1.14. The molecule has 0 aromatic heterocycles. The van der Waals surface area contributed by atoms with Gasteiger partial charge >= 0.3 is 5.97 Å². The highest BCUT2D eigenvalue weighted by atomic mass is 32.2. The molecule has 1 aromatic carbocycles. The Morgan fingerprint density at radius 3 is 2.80 bits per heavy atom. The fourth-order valence-electron chi connectivity index (χ4n) is 1.44. The van der Waals surface area contributed by atoms with E-state index in [2.05, 4.69) is 15.5 Å². The Bertz CT molecular complexity index is 586. The number of carbonyl (C=O) groups excluding carboxylic acids is 1. The third-order valence-electron chi connectivity index (χ3n) is 2.36. The number of amidine groups is 1. The second-order valence-electron chi connectivity index (χ2n) is 3.89. The largest absolute Gasteiger partial charge is 0.481 e. The molecule has 0 saturated carbocycles. The van der Waals surface area contributed by atoms with Gasteiger partial charge in [-0.2, -0.15) is 5.10 Å². The summed E-state index contributed by atoms with van der Waals surface area (Å²) >= 11 is 1.02. The van der Waals surface area contributed by atoms with Crippen LogP contribution in [-0.2, 0) is 9.59 Å². The van der Waals surface area contributed by atoms with Crippen molar-refractivity contribution >= 4 is 35.0 Å². The number of benzene rings is 1. The normalized spacial score (nSPS) is 20.6. The van der Waals surface area contributed by atoms with E-state index in [1.165, 1.54) is 30.5 Å². The van der Waals surface area contributed by atoms with Gasteiger partial charge in [0.2, 0.25) is 5.91 Å². The maximum absolute atomic E-state index is 12.7. The van der Waals surface area contributed by atoms with E-state index in [1.807, 2.05) is 0 Å². The zero-order chi connectivity index (χ0) is 14.5. The highest BCUT2D eigenvalue weighted by Gasteiger charge is 2.32. The van der Waals surface area contributed by atoms with Crippen LogP contribution in [0.25, 0.3) is 0 Å². The number of hydrogen-bond donors (Lipinski definition) is 2. The van der Waals surface area contributed by atoms with E-state index in [-0.39, 0.29) is 17.4 Å². The van der Waals surface area contributed by atoms with Gasteiger partial charge in [-0.25, -0.2) is 4.39 Å². The molecule has 1 saturated heterocycles. The molecule has 1 aliphatic rings. The average molecular weight is 295 g/mol. The Hall–Kier alpha value is -2.22. The molecule has 1 amide bonds. The number of amides is 1. The lowest BCUT2D eigenvalue weighted by Gasteiger charge is -1.97. The van der Waals surface area contributed by atoms with Gasteiger partial charge in [0.1, 0.15) is 11.1 Å². The molecule has 1 fully saturated rings. The third-order valence-corrected chi connectivity index (χ3v) is 3.43. The maximum Gasteiger partial charge on any atom is 0.305 e. The summed E-state index contributed by atoms with van der Waals surface area (Å²) in [5.74, 6) is -1.79. The van der Waals surface area contributed by atoms with Crippen LogP contribution in [0.2, 0.25) is 0 Å². The standard InChI is InChI=1S/C12H10FN3O3S/c13-8-3-1-7(2-4-8)6-14-16-12-15-11(19)9(20-12)5-10(17)18/h1-4,6,9H,5H2,(H,17,18)(H,15,16,19)/t9-/m1/s1. The van der Waals surface area contributed by atoms with Gasteiger partial charge in [0.05, 0.1) is 12.6 Å². The first-order valence-corrected chi connectivity index (χ1v) is 6.48. The molecule has 0 bridgehead atoms.